The Morgan fingerprint density at radius 2 is 2.30 bits per heavy atom. The van der Waals surface area contributed by atoms with Crippen LogP contribution in [0.3, 0.4) is 0 Å². The lowest BCUT2D eigenvalue weighted by molar-refractivity contribution is 0.0572. The minimum atomic E-state index is -2.54. The lowest BCUT2D eigenvalue weighted by atomic mass is 10.4. The van der Waals surface area contributed by atoms with Crippen molar-refractivity contribution >= 4 is 15.9 Å². The average molecular weight is 186 g/mol. The van der Waals surface area contributed by atoms with Crippen molar-refractivity contribution < 1.29 is 23.9 Å². The van der Waals surface area contributed by atoms with E-state index in [4.69, 9.17) is 10.2 Å². The van der Waals surface area contributed by atoms with Crippen LogP contribution < -0.4 is 0 Å². The van der Waals surface area contributed by atoms with Crippen molar-refractivity contribution in [3.8, 4) is 0 Å². The van der Waals surface area contributed by atoms with Gasteiger partial charge < -0.3 is 14.7 Å². The predicted octanol–water partition coefficient (Wildman–Crippen LogP) is 0.0376. The van der Waals surface area contributed by atoms with E-state index in [2.05, 4.69) is 4.52 Å². The Morgan fingerprint density at radius 1 is 1.70 bits per heavy atom. The summed E-state index contributed by atoms with van der Waals surface area (Å²) in [5.41, 5.74) is 0. The summed E-state index contributed by atoms with van der Waals surface area (Å²) in [6.45, 7) is -0.700. The normalized spacial score (nSPS) is 17.0. The van der Waals surface area contributed by atoms with Gasteiger partial charge in [-0.1, -0.05) is 0 Å². The second-order valence-corrected chi connectivity index (χ2v) is 4.15. The Labute approximate surface area is 60.0 Å². The molecule has 0 aliphatic carbocycles. The fourth-order valence-electron chi connectivity index (χ4n) is 0.247. The zero-order valence-corrected chi connectivity index (χ0v) is 6.95. The molecule has 0 heterocycles. The van der Waals surface area contributed by atoms with Gasteiger partial charge in [-0.3, -0.25) is 9.13 Å². The Kier molecular flexibility index (Phi) is 6.08. The van der Waals surface area contributed by atoms with Crippen LogP contribution in [0.25, 0.3) is 0 Å². The molecule has 0 aromatic heterocycles. The summed E-state index contributed by atoms with van der Waals surface area (Å²) in [7, 11) is -3.10. The van der Waals surface area contributed by atoms with Gasteiger partial charge in [0.15, 0.2) is 0 Å². The van der Waals surface area contributed by atoms with Crippen LogP contribution in [0, 0.1) is 0 Å². The Balaban J connectivity index is 3.34. The molecule has 0 amide bonds. The number of hydrogen-bond donors (Lipinski definition) is 2. The molecule has 0 saturated heterocycles. The molecule has 10 heavy (non-hydrogen) atoms. The van der Waals surface area contributed by atoms with Gasteiger partial charge in [0.05, 0.1) is 13.2 Å². The number of aliphatic hydroxyl groups is 2. The highest BCUT2D eigenvalue weighted by atomic mass is 32.0. The molecule has 0 aliphatic rings. The van der Waals surface area contributed by atoms with Gasteiger partial charge in [0, 0.05) is 0 Å². The molecule has 0 rings (SSSR count). The van der Waals surface area contributed by atoms with E-state index in [1.165, 1.54) is 0 Å². The first-order chi connectivity index (χ1) is 4.70. The zero-order valence-electron chi connectivity index (χ0n) is 5.06. The SMILES string of the molecule is O=P[PH](=O)OCC(O)CO. The predicted molar refractivity (Wildman–Crippen MR) is 35.7 cm³/mol. The van der Waals surface area contributed by atoms with E-state index in [9.17, 15) is 9.13 Å². The molecule has 0 saturated carbocycles. The maximum atomic E-state index is 10.3. The van der Waals surface area contributed by atoms with Gasteiger partial charge in [-0.2, -0.15) is 0 Å². The Bertz CT molecular complexity index is 126. The summed E-state index contributed by atoms with van der Waals surface area (Å²) in [4.78, 5) is 0. The molecule has 5 nitrogen and oxygen atoms in total. The second kappa shape index (κ2) is 5.96. The van der Waals surface area contributed by atoms with Crippen molar-refractivity contribution in [2.45, 2.75) is 6.10 Å². The van der Waals surface area contributed by atoms with Crippen LogP contribution >= 0.6 is 15.9 Å². The molecule has 0 aromatic rings. The Morgan fingerprint density at radius 3 is 2.70 bits per heavy atom. The van der Waals surface area contributed by atoms with Crippen LogP contribution in [0.2, 0.25) is 0 Å². The number of aliphatic hydroxyl groups excluding tert-OH is 2. The zero-order chi connectivity index (χ0) is 7.98. The summed E-state index contributed by atoms with van der Waals surface area (Å²) in [5, 5.41) is 16.8. The molecule has 0 aliphatic heterocycles. The summed E-state index contributed by atoms with van der Waals surface area (Å²) in [6.07, 6.45) is -1.05. The Hall–Kier alpha value is 0.210. The number of rotatable bonds is 5. The third-order valence-corrected chi connectivity index (χ3v) is 2.08. The maximum absolute atomic E-state index is 10.3. The van der Waals surface area contributed by atoms with Gasteiger partial charge in [0.1, 0.15) is 6.10 Å². The average Bonchev–Trinajstić information content (AvgIpc) is 1.99. The van der Waals surface area contributed by atoms with Crippen LogP contribution in [0.1, 0.15) is 0 Å². The van der Waals surface area contributed by atoms with Crippen molar-refractivity contribution in [2.24, 2.45) is 0 Å². The van der Waals surface area contributed by atoms with E-state index in [1.54, 1.807) is 0 Å². The van der Waals surface area contributed by atoms with E-state index < -0.39 is 28.6 Å². The van der Waals surface area contributed by atoms with E-state index in [-0.39, 0.29) is 6.61 Å². The van der Waals surface area contributed by atoms with Gasteiger partial charge in [-0.25, -0.2) is 0 Å². The molecule has 60 valence electrons. The minimum absolute atomic E-state index is 0.246. The fourth-order valence-corrected chi connectivity index (χ4v) is 1.02. The van der Waals surface area contributed by atoms with E-state index in [1.807, 2.05) is 0 Å². The van der Waals surface area contributed by atoms with E-state index in [0.717, 1.165) is 0 Å². The standard InChI is InChI=1S/C3H8O5P2/c4-1-3(5)2-8-10(7)9-6/h3-5,10H,1-2H2. The van der Waals surface area contributed by atoms with Gasteiger partial charge in [0.2, 0.25) is 8.15 Å². The van der Waals surface area contributed by atoms with Gasteiger partial charge >= 0.3 is 0 Å². The van der Waals surface area contributed by atoms with Gasteiger partial charge in [0.25, 0.3) is 7.72 Å². The monoisotopic (exact) mass is 186 g/mol. The summed E-state index contributed by atoms with van der Waals surface area (Å²) >= 11 is 0. The molecule has 0 radical (unpaired) electrons. The van der Waals surface area contributed by atoms with Gasteiger partial charge in [-0.15, -0.1) is 0 Å². The van der Waals surface area contributed by atoms with Crippen molar-refractivity contribution in [1.29, 1.82) is 0 Å². The maximum Gasteiger partial charge on any atom is 0.279 e. The first-order valence-electron chi connectivity index (χ1n) is 2.49. The van der Waals surface area contributed by atoms with Crippen LogP contribution in [0.15, 0.2) is 0 Å². The third kappa shape index (κ3) is 5.03. The highest BCUT2D eigenvalue weighted by molar-refractivity contribution is 8.06. The van der Waals surface area contributed by atoms with Crippen LogP contribution in [0.4, 0.5) is 0 Å². The summed E-state index contributed by atoms with van der Waals surface area (Å²) in [5.74, 6) is 0. The van der Waals surface area contributed by atoms with E-state index >= 15 is 0 Å². The largest absolute Gasteiger partial charge is 0.394 e. The lowest BCUT2D eigenvalue weighted by Crippen LogP contribution is -2.17. The fraction of sp³-hybridized carbons (Fsp3) is 1.00. The highest BCUT2D eigenvalue weighted by Crippen LogP contribution is 2.36. The molecule has 2 atom stereocenters. The molecule has 0 aromatic carbocycles. The molecule has 2 N–H and O–H groups in total. The topological polar surface area (TPSA) is 83.8 Å². The van der Waals surface area contributed by atoms with Crippen LogP contribution in [-0.4, -0.2) is 29.5 Å². The minimum Gasteiger partial charge on any atom is -0.394 e. The summed E-state index contributed by atoms with van der Waals surface area (Å²) in [6, 6.07) is 0. The van der Waals surface area contributed by atoms with Crippen molar-refractivity contribution in [2.75, 3.05) is 13.2 Å². The van der Waals surface area contributed by atoms with Crippen LogP contribution in [-0.2, 0) is 13.7 Å². The lowest BCUT2D eigenvalue weighted by Gasteiger charge is -2.03. The quantitative estimate of drug-likeness (QED) is 0.592. The molecule has 0 bridgehead atoms. The van der Waals surface area contributed by atoms with Gasteiger partial charge in [-0.05, 0) is 0 Å². The van der Waals surface area contributed by atoms with Crippen molar-refractivity contribution in [1.82, 2.24) is 0 Å². The van der Waals surface area contributed by atoms with E-state index in [0.29, 0.717) is 0 Å². The second-order valence-electron chi connectivity index (χ2n) is 1.50. The third-order valence-electron chi connectivity index (χ3n) is 0.684. The first-order valence-corrected chi connectivity index (χ1v) is 5.46. The highest BCUT2D eigenvalue weighted by Gasteiger charge is 2.04. The molecular formula is C3H8O5P2. The molecule has 0 fully saturated rings. The first kappa shape index (κ1) is 10.2. The smallest absolute Gasteiger partial charge is 0.279 e. The van der Waals surface area contributed by atoms with Crippen LogP contribution in [0.5, 0.6) is 0 Å². The summed E-state index contributed by atoms with van der Waals surface area (Å²) < 4.78 is 24.4. The molecule has 0 spiro atoms. The van der Waals surface area contributed by atoms with Crippen molar-refractivity contribution in [3.05, 3.63) is 0 Å². The molecule has 7 heteroatoms. The molecule has 2 unspecified atom stereocenters. The molecular weight excluding hydrogens is 178 g/mol. The number of hydrogen-bond acceptors (Lipinski definition) is 5. The van der Waals surface area contributed by atoms with Crippen molar-refractivity contribution in [3.63, 3.8) is 0 Å².